The number of likely N-dealkylation sites (tertiary alicyclic amines) is 1. The standard InChI is InChI=1S/C32H32N7O5S/c33-31-29-30(25-13-15-27(16-14-25)44-26-11-5-2-6-12-26)37-39(32(29)35-22-34-31)20-24-10-7-17-38(19-24)28(40)21-43-45(41,42)36-18-23-8-3-1-4-9-23/h1-6,8-9,11-16,20,22,24,36H,7,10,17-19,21H2,(H2,33,34,35)/q+1/b39-20-. The number of carbonyl (C=O) groups is 1. The maximum absolute atomic E-state index is 12.9. The number of fused-ring (bicyclic) bond motifs is 1. The summed E-state index contributed by atoms with van der Waals surface area (Å²) in [6, 6.07) is 26.1. The number of amides is 1. The summed E-state index contributed by atoms with van der Waals surface area (Å²) in [5.41, 5.74) is 9.13. The monoisotopic (exact) mass is 626 g/mol. The molecule has 3 heterocycles. The molecule has 2 aliphatic heterocycles. The highest BCUT2D eigenvalue weighted by atomic mass is 32.2. The predicted molar refractivity (Wildman–Crippen MR) is 168 cm³/mol. The molecule has 0 bridgehead atoms. The van der Waals surface area contributed by atoms with Gasteiger partial charge in [0, 0.05) is 31.1 Å². The summed E-state index contributed by atoms with van der Waals surface area (Å²) >= 11 is 0. The Morgan fingerprint density at radius 2 is 1.71 bits per heavy atom. The van der Waals surface area contributed by atoms with E-state index in [-0.39, 0.29) is 12.5 Å². The Kier molecular flexibility index (Phi) is 8.91. The Balaban J connectivity index is 1.13. The molecule has 1 saturated heterocycles. The number of hydrogen-bond donors (Lipinski definition) is 2. The second-order valence-electron chi connectivity index (χ2n) is 10.6. The lowest BCUT2D eigenvalue weighted by molar-refractivity contribution is -0.442. The van der Waals surface area contributed by atoms with Gasteiger partial charge in [0.05, 0.1) is 0 Å². The molecule has 13 heteroatoms. The third kappa shape index (κ3) is 7.40. The zero-order chi connectivity index (χ0) is 31.2. The van der Waals surface area contributed by atoms with Crippen LogP contribution in [-0.2, 0) is 25.8 Å². The molecule has 1 aromatic heterocycles. The van der Waals surface area contributed by atoms with Crippen LogP contribution in [-0.4, -0.2) is 65.5 Å². The molecule has 2 aliphatic rings. The molecule has 3 aromatic carbocycles. The lowest BCUT2D eigenvalue weighted by Gasteiger charge is -2.30. The van der Waals surface area contributed by atoms with Gasteiger partial charge in [-0.25, -0.2) is 4.18 Å². The number of ether oxygens (including phenoxy) is 1. The number of nitrogen functional groups attached to an aromatic ring is 1. The smallest absolute Gasteiger partial charge is 0.363 e. The van der Waals surface area contributed by atoms with Gasteiger partial charge >= 0.3 is 16.1 Å². The number of nitrogens with two attached hydrogens (primary N) is 1. The minimum Gasteiger partial charge on any atom is -0.457 e. The van der Waals surface area contributed by atoms with Crippen molar-refractivity contribution < 1.29 is 26.8 Å². The Morgan fingerprint density at radius 1 is 1.00 bits per heavy atom. The second-order valence-corrected chi connectivity index (χ2v) is 12.0. The summed E-state index contributed by atoms with van der Waals surface area (Å²) in [6.45, 7) is 0.362. The number of para-hydroxylation sites is 1. The van der Waals surface area contributed by atoms with E-state index < -0.39 is 22.8 Å². The molecule has 1 atom stereocenters. The van der Waals surface area contributed by atoms with Gasteiger partial charge in [-0.3, -0.25) is 4.79 Å². The molecule has 0 spiro atoms. The maximum Gasteiger partial charge on any atom is 0.363 e. The minimum atomic E-state index is -4.10. The lowest BCUT2D eigenvalue weighted by atomic mass is 9.99. The first-order valence-electron chi connectivity index (χ1n) is 14.5. The maximum atomic E-state index is 12.9. The van der Waals surface area contributed by atoms with Crippen LogP contribution in [0.1, 0.15) is 29.5 Å². The van der Waals surface area contributed by atoms with Crippen molar-refractivity contribution in [3.63, 3.8) is 0 Å². The number of piperidine rings is 1. The van der Waals surface area contributed by atoms with E-state index in [0.717, 1.165) is 29.7 Å². The molecule has 0 saturated carbocycles. The van der Waals surface area contributed by atoms with E-state index in [4.69, 9.17) is 19.8 Å². The molecule has 1 unspecified atom stereocenters. The fraction of sp³-hybridized carbons (Fsp3) is 0.219. The second kappa shape index (κ2) is 13.3. The van der Waals surface area contributed by atoms with Crippen LogP contribution in [0, 0.1) is 5.92 Å². The SMILES string of the molecule is Nc1ncnc2c1C(c1ccc(Oc3ccccc3)cc1)=N/[N+]2=C\C1CCCN(C(=O)COS(=O)(=O)NCc2ccccc2)C1. The van der Waals surface area contributed by atoms with E-state index in [0.29, 0.717) is 41.7 Å². The Morgan fingerprint density at radius 3 is 2.47 bits per heavy atom. The van der Waals surface area contributed by atoms with Crippen molar-refractivity contribution in [3.05, 3.63) is 108 Å². The first-order chi connectivity index (χ1) is 21.8. The molecular formula is C32H32N7O5S+. The number of rotatable bonds is 10. The number of benzene rings is 3. The number of aromatic nitrogens is 2. The first-order valence-corrected chi connectivity index (χ1v) is 15.9. The van der Waals surface area contributed by atoms with Crippen LogP contribution < -0.4 is 15.2 Å². The quantitative estimate of drug-likeness (QED) is 0.253. The topological polar surface area (TPSA) is 152 Å². The van der Waals surface area contributed by atoms with Crippen LogP contribution in [0.4, 0.5) is 11.6 Å². The van der Waals surface area contributed by atoms with Crippen LogP contribution in [0.5, 0.6) is 11.5 Å². The highest BCUT2D eigenvalue weighted by molar-refractivity contribution is 7.84. The Labute approximate surface area is 261 Å². The molecule has 12 nitrogen and oxygen atoms in total. The first kappa shape index (κ1) is 30.1. The summed E-state index contributed by atoms with van der Waals surface area (Å²) in [6.07, 6.45) is 4.86. The number of anilines is 1. The third-order valence-electron chi connectivity index (χ3n) is 7.42. The highest BCUT2D eigenvalue weighted by Crippen LogP contribution is 2.32. The van der Waals surface area contributed by atoms with Crippen LogP contribution in [0.2, 0.25) is 0 Å². The molecule has 45 heavy (non-hydrogen) atoms. The highest BCUT2D eigenvalue weighted by Gasteiger charge is 2.35. The van der Waals surface area contributed by atoms with Gasteiger partial charge < -0.3 is 15.4 Å². The molecule has 230 valence electrons. The average Bonchev–Trinajstić information content (AvgIpc) is 3.43. The van der Waals surface area contributed by atoms with Crippen LogP contribution in [0.25, 0.3) is 0 Å². The van der Waals surface area contributed by atoms with E-state index >= 15 is 0 Å². The van der Waals surface area contributed by atoms with Gasteiger partial charge in [0.2, 0.25) is 12.2 Å². The number of hydrazone groups is 1. The summed E-state index contributed by atoms with van der Waals surface area (Å²) in [7, 11) is -4.10. The van der Waals surface area contributed by atoms with Crippen molar-refractivity contribution in [3.8, 4) is 11.5 Å². The van der Waals surface area contributed by atoms with E-state index in [9.17, 15) is 13.2 Å². The Hall–Kier alpha value is -4.98. The van der Waals surface area contributed by atoms with Crippen molar-refractivity contribution in [2.45, 2.75) is 19.4 Å². The van der Waals surface area contributed by atoms with E-state index in [1.807, 2.05) is 79.0 Å². The normalized spacial score (nSPS) is 17.2. The molecule has 4 aromatic rings. The van der Waals surface area contributed by atoms with Crippen molar-refractivity contribution in [2.24, 2.45) is 11.0 Å². The molecule has 6 rings (SSSR count). The van der Waals surface area contributed by atoms with Gasteiger partial charge in [-0.15, -0.1) is 4.68 Å². The molecule has 0 aliphatic carbocycles. The number of nitrogens with one attached hydrogen (secondary N) is 1. The van der Waals surface area contributed by atoms with Gasteiger partial charge in [0.1, 0.15) is 41.4 Å². The minimum absolute atomic E-state index is 0.0655. The fourth-order valence-corrected chi connectivity index (χ4v) is 5.88. The molecular weight excluding hydrogens is 594 g/mol. The van der Waals surface area contributed by atoms with Gasteiger partial charge in [0.25, 0.3) is 0 Å². The molecule has 0 radical (unpaired) electrons. The van der Waals surface area contributed by atoms with Crippen molar-refractivity contribution in [1.82, 2.24) is 19.6 Å². The zero-order valence-electron chi connectivity index (χ0n) is 24.3. The predicted octanol–water partition coefficient (Wildman–Crippen LogP) is 3.62. The van der Waals surface area contributed by atoms with Crippen LogP contribution in [0.3, 0.4) is 0 Å². The van der Waals surface area contributed by atoms with E-state index in [1.165, 1.54) is 6.33 Å². The summed E-state index contributed by atoms with van der Waals surface area (Å²) in [5.74, 6) is 1.79. The number of hydrogen-bond acceptors (Lipinski definition) is 9. The fourth-order valence-electron chi connectivity index (χ4n) is 5.19. The summed E-state index contributed by atoms with van der Waals surface area (Å²) in [4.78, 5) is 23.2. The van der Waals surface area contributed by atoms with Crippen LogP contribution in [0.15, 0.2) is 96.4 Å². The van der Waals surface area contributed by atoms with E-state index in [2.05, 4.69) is 14.7 Å². The molecule has 1 fully saturated rings. The van der Waals surface area contributed by atoms with Gasteiger partial charge in [0.15, 0.2) is 0 Å². The van der Waals surface area contributed by atoms with Crippen molar-refractivity contribution in [1.29, 1.82) is 0 Å². The zero-order valence-corrected chi connectivity index (χ0v) is 25.1. The van der Waals surface area contributed by atoms with Gasteiger partial charge in [-0.1, -0.05) is 53.6 Å². The number of nitrogens with zero attached hydrogens (tertiary/aromatic N) is 5. The van der Waals surface area contributed by atoms with Crippen LogP contribution >= 0.6 is 0 Å². The lowest BCUT2D eigenvalue weighted by Crippen LogP contribution is -2.43. The molecule has 3 N–H and O–H groups in total. The Bertz CT molecular complexity index is 1830. The third-order valence-corrected chi connectivity index (χ3v) is 8.35. The van der Waals surface area contributed by atoms with Crippen molar-refractivity contribution in [2.75, 3.05) is 25.4 Å². The van der Waals surface area contributed by atoms with E-state index in [1.54, 1.807) is 21.7 Å². The molecule has 1 amide bonds. The van der Waals surface area contributed by atoms with Crippen molar-refractivity contribution >= 4 is 39.8 Å². The average molecular weight is 627 g/mol. The van der Waals surface area contributed by atoms with Gasteiger partial charge in [-0.2, -0.15) is 18.1 Å². The summed E-state index contributed by atoms with van der Waals surface area (Å²) < 4.78 is 39.6. The number of carbonyl (C=O) groups excluding carboxylic acids is 1. The summed E-state index contributed by atoms with van der Waals surface area (Å²) in [5, 5.41) is 4.83. The van der Waals surface area contributed by atoms with Gasteiger partial charge in [-0.05, 0) is 59.8 Å². The largest absolute Gasteiger partial charge is 0.457 e.